The van der Waals surface area contributed by atoms with Crippen molar-refractivity contribution in [2.75, 3.05) is 18.5 Å². The predicted molar refractivity (Wildman–Crippen MR) is 95.3 cm³/mol. The maximum atomic E-state index is 5.88. The van der Waals surface area contributed by atoms with E-state index in [2.05, 4.69) is 20.0 Å². The van der Waals surface area contributed by atoms with Gasteiger partial charge in [0, 0.05) is 47.2 Å². The SMILES string of the molecule is C/C(=C\c1nsc(Nc2ccc(Cl)cc2)n1)NCC1CCCO1. The molecule has 2 N–H and O–H groups in total. The molecular weight excluding hydrogens is 332 g/mol. The third-order valence-corrected chi connectivity index (χ3v) is 4.41. The first kappa shape index (κ1) is 16.2. The molecule has 2 heterocycles. The standard InChI is InChI=1S/C16H19ClN4OS/c1-11(18-10-14-3-2-8-22-14)9-15-20-16(23-21-15)19-13-6-4-12(17)5-7-13/h4-7,9,14,18H,2-3,8,10H2,1H3,(H,19,20,21)/b11-9+. The van der Waals surface area contributed by atoms with E-state index in [1.54, 1.807) is 0 Å². The summed E-state index contributed by atoms with van der Waals surface area (Å²) in [5.74, 6) is 0.698. The number of rotatable bonds is 6. The lowest BCUT2D eigenvalue weighted by molar-refractivity contribution is 0.112. The Morgan fingerprint density at radius 1 is 1.43 bits per heavy atom. The van der Waals surface area contributed by atoms with Crippen molar-refractivity contribution in [2.45, 2.75) is 25.9 Å². The maximum Gasteiger partial charge on any atom is 0.207 e. The Bertz CT molecular complexity index is 665. The van der Waals surface area contributed by atoms with E-state index in [9.17, 15) is 0 Å². The first-order chi connectivity index (χ1) is 11.2. The summed E-state index contributed by atoms with van der Waals surface area (Å²) in [7, 11) is 0. The van der Waals surface area contributed by atoms with Gasteiger partial charge in [-0.05, 0) is 44.0 Å². The van der Waals surface area contributed by atoms with E-state index in [-0.39, 0.29) is 0 Å². The highest BCUT2D eigenvalue weighted by Gasteiger charge is 2.14. The second kappa shape index (κ2) is 7.77. The predicted octanol–water partition coefficient (Wildman–Crippen LogP) is 4.06. The molecule has 0 spiro atoms. The number of ether oxygens (including phenoxy) is 1. The third kappa shape index (κ3) is 4.92. The number of anilines is 2. The van der Waals surface area contributed by atoms with E-state index in [0.717, 1.165) is 42.5 Å². The topological polar surface area (TPSA) is 59.1 Å². The number of aromatic nitrogens is 2. The average molecular weight is 351 g/mol. The van der Waals surface area contributed by atoms with Gasteiger partial charge in [-0.1, -0.05) is 11.6 Å². The minimum Gasteiger partial charge on any atom is -0.386 e. The number of hydrogen-bond donors (Lipinski definition) is 2. The average Bonchev–Trinajstić information content (AvgIpc) is 3.20. The fraction of sp³-hybridized carbons (Fsp3) is 0.375. The first-order valence-corrected chi connectivity index (χ1v) is 8.74. The molecule has 1 aromatic heterocycles. The zero-order chi connectivity index (χ0) is 16.1. The summed E-state index contributed by atoms with van der Waals surface area (Å²) in [5, 5.41) is 8.05. The van der Waals surface area contributed by atoms with Crippen LogP contribution in [0.2, 0.25) is 5.02 Å². The molecule has 1 aliphatic rings. The van der Waals surface area contributed by atoms with Crippen LogP contribution in [-0.4, -0.2) is 28.6 Å². The smallest absolute Gasteiger partial charge is 0.207 e. The van der Waals surface area contributed by atoms with Crippen LogP contribution in [0.3, 0.4) is 0 Å². The van der Waals surface area contributed by atoms with E-state index in [0.29, 0.717) is 17.0 Å². The van der Waals surface area contributed by atoms with Crippen molar-refractivity contribution in [2.24, 2.45) is 0 Å². The summed E-state index contributed by atoms with van der Waals surface area (Å²) in [5.41, 5.74) is 1.98. The molecule has 0 aliphatic carbocycles. The van der Waals surface area contributed by atoms with Crippen LogP contribution in [-0.2, 0) is 4.74 Å². The van der Waals surface area contributed by atoms with Gasteiger partial charge in [-0.25, -0.2) is 0 Å². The minimum absolute atomic E-state index is 0.323. The Morgan fingerprint density at radius 2 is 2.26 bits per heavy atom. The zero-order valence-electron chi connectivity index (χ0n) is 12.9. The normalized spacial score (nSPS) is 18.2. The lowest BCUT2D eigenvalue weighted by Crippen LogP contribution is -2.24. The second-order valence-corrected chi connectivity index (χ2v) is 6.62. The van der Waals surface area contributed by atoms with Gasteiger partial charge in [0.05, 0.1) is 6.10 Å². The van der Waals surface area contributed by atoms with Crippen LogP contribution in [0.5, 0.6) is 0 Å². The van der Waals surface area contributed by atoms with E-state index in [1.807, 2.05) is 37.3 Å². The Labute approximate surface area is 144 Å². The molecule has 1 aromatic carbocycles. The molecule has 23 heavy (non-hydrogen) atoms. The monoisotopic (exact) mass is 350 g/mol. The maximum absolute atomic E-state index is 5.88. The summed E-state index contributed by atoms with van der Waals surface area (Å²) in [4.78, 5) is 4.46. The van der Waals surface area contributed by atoms with Crippen LogP contribution < -0.4 is 10.6 Å². The van der Waals surface area contributed by atoms with Crippen molar-refractivity contribution in [3.05, 3.63) is 40.8 Å². The van der Waals surface area contributed by atoms with Gasteiger partial charge in [-0.15, -0.1) is 0 Å². The summed E-state index contributed by atoms with van der Waals surface area (Å²) in [6, 6.07) is 7.50. The molecule has 1 aliphatic heterocycles. The fourth-order valence-corrected chi connectivity index (χ4v) is 3.02. The van der Waals surface area contributed by atoms with Gasteiger partial charge in [0.1, 0.15) is 0 Å². The van der Waals surface area contributed by atoms with Gasteiger partial charge in [0.25, 0.3) is 0 Å². The van der Waals surface area contributed by atoms with Crippen LogP contribution >= 0.6 is 23.1 Å². The highest BCUT2D eigenvalue weighted by Crippen LogP contribution is 2.21. The van der Waals surface area contributed by atoms with Crippen LogP contribution in [0.15, 0.2) is 30.0 Å². The number of allylic oxidation sites excluding steroid dienone is 1. The summed E-state index contributed by atoms with van der Waals surface area (Å²) in [6.45, 7) is 3.73. The molecule has 122 valence electrons. The first-order valence-electron chi connectivity index (χ1n) is 7.59. The summed E-state index contributed by atoms with van der Waals surface area (Å²) >= 11 is 7.21. The van der Waals surface area contributed by atoms with Gasteiger partial charge in [-0.2, -0.15) is 9.36 Å². The molecule has 7 heteroatoms. The number of hydrogen-bond acceptors (Lipinski definition) is 6. The van der Waals surface area contributed by atoms with Gasteiger partial charge in [-0.3, -0.25) is 0 Å². The molecule has 1 unspecified atom stereocenters. The number of halogens is 1. The van der Waals surface area contributed by atoms with Gasteiger partial charge in [0.15, 0.2) is 5.82 Å². The molecule has 0 bridgehead atoms. The Kier molecular flexibility index (Phi) is 5.48. The van der Waals surface area contributed by atoms with Crippen molar-refractivity contribution in [1.82, 2.24) is 14.7 Å². The Hall–Kier alpha value is -1.63. The molecule has 1 saturated heterocycles. The summed E-state index contributed by atoms with van der Waals surface area (Å²) in [6.07, 6.45) is 4.55. The number of nitrogens with zero attached hydrogens (tertiary/aromatic N) is 2. The molecule has 1 atom stereocenters. The quantitative estimate of drug-likeness (QED) is 0.822. The molecule has 5 nitrogen and oxygen atoms in total. The van der Waals surface area contributed by atoms with Crippen molar-refractivity contribution < 1.29 is 4.74 Å². The molecule has 0 saturated carbocycles. The lowest BCUT2D eigenvalue weighted by Gasteiger charge is -2.11. The highest BCUT2D eigenvalue weighted by molar-refractivity contribution is 7.09. The number of benzene rings is 1. The molecule has 1 fully saturated rings. The molecule has 0 radical (unpaired) electrons. The van der Waals surface area contributed by atoms with Crippen molar-refractivity contribution in [1.29, 1.82) is 0 Å². The Balaban J connectivity index is 1.55. The van der Waals surface area contributed by atoms with E-state index in [4.69, 9.17) is 16.3 Å². The van der Waals surface area contributed by atoms with Gasteiger partial charge >= 0.3 is 0 Å². The third-order valence-electron chi connectivity index (χ3n) is 3.52. The van der Waals surface area contributed by atoms with Crippen LogP contribution in [0.4, 0.5) is 10.8 Å². The van der Waals surface area contributed by atoms with Gasteiger partial charge < -0.3 is 15.4 Å². The van der Waals surface area contributed by atoms with Crippen LogP contribution in [0.25, 0.3) is 6.08 Å². The van der Waals surface area contributed by atoms with Gasteiger partial charge in [0.2, 0.25) is 5.13 Å². The number of nitrogens with one attached hydrogen (secondary N) is 2. The highest BCUT2D eigenvalue weighted by atomic mass is 35.5. The molecular formula is C16H19ClN4OS. The minimum atomic E-state index is 0.323. The fourth-order valence-electron chi connectivity index (χ4n) is 2.33. The van der Waals surface area contributed by atoms with Crippen molar-refractivity contribution >= 4 is 40.0 Å². The second-order valence-electron chi connectivity index (χ2n) is 5.43. The lowest BCUT2D eigenvalue weighted by atomic mass is 10.2. The van der Waals surface area contributed by atoms with Crippen LogP contribution in [0.1, 0.15) is 25.6 Å². The Morgan fingerprint density at radius 3 is 3.00 bits per heavy atom. The van der Waals surface area contributed by atoms with E-state index >= 15 is 0 Å². The molecule has 0 amide bonds. The van der Waals surface area contributed by atoms with Crippen molar-refractivity contribution in [3.8, 4) is 0 Å². The summed E-state index contributed by atoms with van der Waals surface area (Å²) < 4.78 is 9.94. The largest absolute Gasteiger partial charge is 0.386 e. The molecule has 2 aromatic rings. The van der Waals surface area contributed by atoms with E-state index < -0.39 is 0 Å². The molecule has 3 rings (SSSR count). The van der Waals surface area contributed by atoms with Crippen LogP contribution in [0, 0.1) is 0 Å². The zero-order valence-corrected chi connectivity index (χ0v) is 14.5. The van der Waals surface area contributed by atoms with Crippen molar-refractivity contribution in [3.63, 3.8) is 0 Å². The van der Waals surface area contributed by atoms with E-state index in [1.165, 1.54) is 11.5 Å².